The van der Waals surface area contributed by atoms with Crippen molar-refractivity contribution in [3.63, 3.8) is 0 Å². The minimum Gasteiger partial charge on any atom is -0.354 e. The van der Waals surface area contributed by atoms with Gasteiger partial charge in [0, 0.05) is 37.9 Å². The summed E-state index contributed by atoms with van der Waals surface area (Å²) in [7, 11) is 5.17. The summed E-state index contributed by atoms with van der Waals surface area (Å²) in [5.41, 5.74) is -0.488. The topological polar surface area (TPSA) is 36.9 Å². The Morgan fingerprint density at radius 3 is 0.979 bits per heavy atom. The molecule has 0 N–H and O–H groups in total. The molecule has 0 radical (unpaired) electrons. The lowest BCUT2D eigenvalue weighted by molar-refractivity contribution is -0.186. The van der Waals surface area contributed by atoms with E-state index in [9.17, 15) is 0 Å². The van der Waals surface area contributed by atoms with Gasteiger partial charge in [-0.25, -0.2) is 0 Å². The van der Waals surface area contributed by atoms with Crippen molar-refractivity contribution in [2.45, 2.75) is 206 Å². The zero-order valence-corrected chi connectivity index (χ0v) is 37.8. The number of ether oxygens (including phenoxy) is 4. The van der Waals surface area contributed by atoms with Crippen LogP contribution in [0.5, 0.6) is 0 Å². The molecule has 0 unspecified atom stereocenters. The molecule has 0 aliphatic rings. The average Bonchev–Trinajstić information content (AvgIpc) is 3.08. The van der Waals surface area contributed by atoms with Crippen LogP contribution in [0.3, 0.4) is 0 Å². The molecule has 0 amide bonds. The predicted octanol–water partition coefficient (Wildman–Crippen LogP) is 12.3. The van der Waals surface area contributed by atoms with E-state index in [2.05, 4.69) is 41.5 Å². The molecule has 9 heteroatoms. The first-order chi connectivity index (χ1) is 23.1. The third-order valence-electron chi connectivity index (χ3n) is 8.94. The summed E-state index contributed by atoms with van der Waals surface area (Å²) >= 11 is 0. The van der Waals surface area contributed by atoms with E-state index >= 15 is 0 Å². The van der Waals surface area contributed by atoms with Crippen LogP contribution in [0.15, 0.2) is 0 Å². The minimum absolute atomic E-state index is 0.244. The summed E-state index contributed by atoms with van der Waals surface area (Å²) < 4.78 is 26.8. The standard InChI is InChI=1S/C38H82O4S3Si2/c1-7-13-19-29-39-37(40-30-20-14-8-2,46-35-23-17-11-5)27-25-33-43-45-44-34-26-28-38(41-31-21-15-9-3,42-32-22-16-10-4)47-36-24-18-12-6/h7-36,46-47H2,1-6H3. The van der Waals surface area contributed by atoms with Gasteiger partial charge in [-0.1, -0.05) is 165 Å². The lowest BCUT2D eigenvalue weighted by Crippen LogP contribution is -2.43. The van der Waals surface area contributed by atoms with Crippen molar-refractivity contribution in [1.82, 2.24) is 0 Å². The molecule has 0 saturated carbocycles. The van der Waals surface area contributed by atoms with Gasteiger partial charge in [0.15, 0.2) is 0 Å². The molecule has 0 aromatic heterocycles. The first kappa shape index (κ1) is 48.3. The number of hydrogen-bond donors (Lipinski definition) is 0. The van der Waals surface area contributed by atoms with Gasteiger partial charge in [-0.15, -0.1) is 0 Å². The molecule has 0 atom stereocenters. The van der Waals surface area contributed by atoms with Crippen molar-refractivity contribution < 1.29 is 18.9 Å². The maximum Gasteiger partial charge on any atom is 0.145 e. The smallest absolute Gasteiger partial charge is 0.145 e. The maximum atomic E-state index is 6.71. The van der Waals surface area contributed by atoms with Gasteiger partial charge in [-0.2, -0.15) is 0 Å². The highest BCUT2D eigenvalue weighted by Crippen LogP contribution is 2.37. The Kier molecular flexibility index (Phi) is 38.1. The van der Waals surface area contributed by atoms with Gasteiger partial charge in [-0.3, -0.25) is 0 Å². The lowest BCUT2D eigenvalue weighted by Gasteiger charge is -2.35. The second kappa shape index (κ2) is 37.1. The molecule has 0 aromatic rings. The maximum absolute atomic E-state index is 6.71. The number of rotatable bonds is 40. The highest BCUT2D eigenvalue weighted by molar-refractivity contribution is 9.09. The molecule has 0 saturated heterocycles. The molecule has 47 heavy (non-hydrogen) atoms. The highest BCUT2D eigenvalue weighted by Gasteiger charge is 2.32. The van der Waals surface area contributed by atoms with Crippen molar-refractivity contribution in [2.75, 3.05) is 37.9 Å². The van der Waals surface area contributed by atoms with E-state index in [1.165, 1.54) is 126 Å². The fraction of sp³-hybridized carbons (Fsp3) is 1.00. The molecule has 0 spiro atoms. The molecule has 0 aromatic carbocycles. The SMILES string of the molecule is CCCCCOC(CCCSSSCCCC(OCCCCC)(OCCCCC)[SiH2]CCCCC)(OCCCCC)[SiH2]CCCCC. The molecule has 0 rings (SSSR count). The molecule has 284 valence electrons. The van der Waals surface area contributed by atoms with Crippen LogP contribution in [-0.4, -0.2) is 67.8 Å². The highest BCUT2D eigenvalue weighted by atomic mass is 33.5. The third-order valence-corrected chi connectivity index (χ3v) is 18.1. The van der Waals surface area contributed by atoms with E-state index in [4.69, 9.17) is 18.9 Å². The van der Waals surface area contributed by atoms with Crippen molar-refractivity contribution in [3.05, 3.63) is 0 Å². The van der Waals surface area contributed by atoms with Crippen LogP contribution in [0.25, 0.3) is 0 Å². The molecule has 0 aliphatic carbocycles. The van der Waals surface area contributed by atoms with Gasteiger partial charge < -0.3 is 18.9 Å². The van der Waals surface area contributed by atoms with Crippen molar-refractivity contribution in [3.8, 4) is 0 Å². The molecular formula is C38H82O4S3Si2. The summed E-state index contributed by atoms with van der Waals surface area (Å²) in [5.74, 6) is 2.35. The van der Waals surface area contributed by atoms with Crippen molar-refractivity contribution in [2.24, 2.45) is 0 Å². The van der Waals surface area contributed by atoms with Gasteiger partial charge in [0.25, 0.3) is 0 Å². The fourth-order valence-electron chi connectivity index (χ4n) is 5.90. The molecular weight excluding hydrogens is 673 g/mol. The van der Waals surface area contributed by atoms with Gasteiger partial charge in [0.05, 0.1) is 19.0 Å². The molecule has 0 aliphatic heterocycles. The third kappa shape index (κ3) is 29.6. The van der Waals surface area contributed by atoms with E-state index < -0.39 is 19.0 Å². The van der Waals surface area contributed by atoms with Crippen LogP contribution in [-0.2, 0) is 18.9 Å². The van der Waals surface area contributed by atoms with Crippen LogP contribution in [0, 0.1) is 0 Å². The summed E-state index contributed by atoms with van der Waals surface area (Å²) in [6.45, 7) is 17.2. The van der Waals surface area contributed by atoms with Crippen LogP contribution in [0.1, 0.15) is 183 Å². The summed E-state index contributed by atoms with van der Waals surface area (Å²) in [6.07, 6.45) is 27.1. The lowest BCUT2D eigenvalue weighted by atomic mass is 10.2. The number of hydrogen-bond acceptors (Lipinski definition) is 7. The van der Waals surface area contributed by atoms with E-state index in [-0.39, 0.29) is 10.8 Å². The molecule has 0 heterocycles. The monoisotopic (exact) mass is 754 g/mol. The Morgan fingerprint density at radius 2 is 0.681 bits per heavy atom. The molecule has 0 bridgehead atoms. The zero-order valence-electron chi connectivity index (χ0n) is 32.5. The Morgan fingerprint density at radius 1 is 0.383 bits per heavy atom. The second-order valence-corrected chi connectivity index (χ2v) is 22.6. The second-order valence-electron chi connectivity index (χ2n) is 13.6. The largest absolute Gasteiger partial charge is 0.354 e. The Hall–Kier alpha value is 1.32. The summed E-state index contributed by atoms with van der Waals surface area (Å²) in [5, 5.41) is 0. The normalized spacial score (nSPS) is 12.9. The average molecular weight is 755 g/mol. The Bertz CT molecular complexity index is 509. The molecule has 4 nitrogen and oxygen atoms in total. The predicted molar refractivity (Wildman–Crippen MR) is 224 cm³/mol. The van der Waals surface area contributed by atoms with Gasteiger partial charge in [-0.05, 0) is 61.2 Å². The van der Waals surface area contributed by atoms with Crippen molar-refractivity contribution >= 4 is 50.5 Å². The zero-order chi connectivity index (χ0) is 34.6. The Balaban J connectivity index is 4.90. The van der Waals surface area contributed by atoms with Gasteiger partial charge >= 0.3 is 0 Å². The van der Waals surface area contributed by atoms with E-state index in [0.717, 1.165) is 65.0 Å². The van der Waals surface area contributed by atoms with Crippen LogP contribution < -0.4 is 0 Å². The van der Waals surface area contributed by atoms with Gasteiger partial charge in [0.2, 0.25) is 0 Å². The number of unbranched alkanes of at least 4 members (excludes halogenated alkanes) is 12. The van der Waals surface area contributed by atoms with Crippen molar-refractivity contribution in [1.29, 1.82) is 0 Å². The Labute approximate surface area is 311 Å². The quantitative estimate of drug-likeness (QED) is 0.0267. The first-order valence-corrected chi connectivity index (χ1v) is 27.8. The van der Waals surface area contributed by atoms with Crippen LogP contribution in [0.4, 0.5) is 0 Å². The van der Waals surface area contributed by atoms with Crippen LogP contribution >= 0.6 is 31.4 Å². The van der Waals surface area contributed by atoms with E-state index in [1.54, 1.807) is 0 Å². The van der Waals surface area contributed by atoms with Gasteiger partial charge in [0.1, 0.15) is 10.8 Å². The van der Waals surface area contributed by atoms with E-state index in [1.807, 2.05) is 31.4 Å². The molecule has 0 fully saturated rings. The van der Waals surface area contributed by atoms with Crippen LogP contribution in [0.2, 0.25) is 12.1 Å². The first-order valence-electron chi connectivity index (χ1n) is 20.5. The fourth-order valence-corrected chi connectivity index (χ4v) is 14.2. The summed E-state index contributed by atoms with van der Waals surface area (Å²) in [6, 6.07) is 2.70. The minimum atomic E-state index is -0.450. The van der Waals surface area contributed by atoms with E-state index in [0.29, 0.717) is 0 Å². The summed E-state index contributed by atoms with van der Waals surface area (Å²) in [4.78, 5) is 0.